The van der Waals surface area contributed by atoms with Gasteiger partial charge in [0.05, 0.1) is 0 Å². The van der Waals surface area contributed by atoms with Crippen LogP contribution in [-0.4, -0.2) is 44.3 Å². The predicted octanol–water partition coefficient (Wildman–Crippen LogP) is 2.41. The Morgan fingerprint density at radius 3 is 2.76 bits per heavy atom. The third kappa shape index (κ3) is 2.67. The fourth-order valence-electron chi connectivity index (χ4n) is 3.77. The van der Waals surface area contributed by atoms with Crippen molar-refractivity contribution >= 4 is 15.9 Å². The van der Waals surface area contributed by atoms with Crippen LogP contribution in [0.1, 0.15) is 18.4 Å². The summed E-state index contributed by atoms with van der Waals surface area (Å²) in [4.78, 5) is 2.57. The van der Waals surface area contributed by atoms with Gasteiger partial charge in [0.2, 0.25) is 0 Å². The Balaban J connectivity index is 1.50. The predicted molar refractivity (Wildman–Crippen MR) is 84.9 cm³/mol. The van der Waals surface area contributed by atoms with E-state index in [1.165, 1.54) is 44.6 Å². The molecule has 4 nitrogen and oxygen atoms in total. The average Bonchev–Trinajstić information content (AvgIpc) is 3.10. The molecule has 0 aromatic heterocycles. The van der Waals surface area contributed by atoms with Crippen molar-refractivity contribution in [1.29, 1.82) is 0 Å². The van der Waals surface area contributed by atoms with Crippen molar-refractivity contribution in [2.75, 3.05) is 39.4 Å². The Kier molecular flexibility index (Phi) is 3.59. The first-order valence-corrected chi connectivity index (χ1v) is 8.55. The van der Waals surface area contributed by atoms with Crippen molar-refractivity contribution in [3.8, 4) is 11.5 Å². The molecule has 114 valence electrons. The topological polar surface area (TPSA) is 33.7 Å². The van der Waals surface area contributed by atoms with Crippen LogP contribution in [0.3, 0.4) is 0 Å². The van der Waals surface area contributed by atoms with Gasteiger partial charge in [-0.3, -0.25) is 4.90 Å². The van der Waals surface area contributed by atoms with E-state index in [4.69, 9.17) is 9.47 Å². The second-order valence-electron chi connectivity index (χ2n) is 6.47. The first kappa shape index (κ1) is 13.9. The van der Waals surface area contributed by atoms with Gasteiger partial charge in [0.1, 0.15) is 13.2 Å². The number of likely N-dealkylation sites (tertiary alicyclic amines) is 1. The van der Waals surface area contributed by atoms with Crippen molar-refractivity contribution in [2.24, 2.45) is 5.41 Å². The molecule has 21 heavy (non-hydrogen) atoms. The largest absolute Gasteiger partial charge is 0.486 e. The summed E-state index contributed by atoms with van der Waals surface area (Å²) in [5.74, 6) is 1.74. The number of halogens is 1. The lowest BCUT2D eigenvalue weighted by molar-refractivity contribution is 0.171. The Hall–Kier alpha value is -0.780. The summed E-state index contributed by atoms with van der Waals surface area (Å²) in [6, 6.07) is 4.18. The molecule has 2 saturated heterocycles. The van der Waals surface area contributed by atoms with Crippen LogP contribution in [0.5, 0.6) is 11.5 Å². The molecule has 3 heterocycles. The lowest BCUT2D eigenvalue weighted by atomic mass is 9.86. The summed E-state index contributed by atoms with van der Waals surface area (Å²) < 4.78 is 12.5. The molecular formula is C16H21BrN2O2. The van der Waals surface area contributed by atoms with Crippen molar-refractivity contribution in [1.82, 2.24) is 10.2 Å². The number of fused-ring (bicyclic) bond motifs is 1. The van der Waals surface area contributed by atoms with Gasteiger partial charge in [-0.05, 0) is 49.0 Å². The second kappa shape index (κ2) is 5.45. The third-order valence-corrected chi connectivity index (χ3v) is 5.69. The van der Waals surface area contributed by atoms with Gasteiger partial charge in [-0.2, -0.15) is 0 Å². The molecule has 0 aliphatic carbocycles. The van der Waals surface area contributed by atoms with Gasteiger partial charge in [-0.15, -0.1) is 0 Å². The maximum atomic E-state index is 5.70. The maximum Gasteiger partial charge on any atom is 0.162 e. The van der Waals surface area contributed by atoms with E-state index in [2.05, 4.69) is 32.2 Å². The van der Waals surface area contributed by atoms with E-state index in [0.717, 1.165) is 22.5 Å². The van der Waals surface area contributed by atoms with Gasteiger partial charge in [0.15, 0.2) is 11.5 Å². The molecule has 1 aromatic carbocycles. The van der Waals surface area contributed by atoms with E-state index in [1.807, 2.05) is 6.07 Å². The molecule has 1 atom stereocenters. The van der Waals surface area contributed by atoms with Crippen molar-refractivity contribution in [2.45, 2.75) is 19.4 Å². The molecule has 3 aliphatic heterocycles. The van der Waals surface area contributed by atoms with Gasteiger partial charge in [-0.1, -0.05) is 15.9 Å². The number of benzene rings is 1. The van der Waals surface area contributed by atoms with Crippen LogP contribution in [-0.2, 0) is 6.54 Å². The fourth-order valence-corrected chi connectivity index (χ4v) is 4.22. The summed E-state index contributed by atoms with van der Waals surface area (Å²) in [5, 5.41) is 3.52. The monoisotopic (exact) mass is 352 g/mol. The zero-order chi connectivity index (χ0) is 14.3. The smallest absolute Gasteiger partial charge is 0.162 e. The van der Waals surface area contributed by atoms with Crippen molar-refractivity contribution < 1.29 is 9.47 Å². The van der Waals surface area contributed by atoms with E-state index < -0.39 is 0 Å². The lowest BCUT2D eigenvalue weighted by Gasteiger charge is -2.24. The molecule has 1 aromatic rings. The summed E-state index contributed by atoms with van der Waals surface area (Å²) in [5.41, 5.74) is 1.82. The van der Waals surface area contributed by atoms with Crippen LogP contribution < -0.4 is 14.8 Å². The van der Waals surface area contributed by atoms with E-state index in [1.54, 1.807) is 0 Å². The number of hydrogen-bond acceptors (Lipinski definition) is 4. The molecular weight excluding hydrogens is 332 g/mol. The van der Waals surface area contributed by atoms with Gasteiger partial charge in [0.25, 0.3) is 0 Å². The van der Waals surface area contributed by atoms with Crippen LogP contribution in [0.25, 0.3) is 0 Å². The maximum absolute atomic E-state index is 5.70. The summed E-state index contributed by atoms with van der Waals surface area (Å²) in [7, 11) is 0. The van der Waals surface area contributed by atoms with Crippen LogP contribution in [0.15, 0.2) is 16.6 Å². The summed E-state index contributed by atoms with van der Waals surface area (Å²) in [6.45, 7) is 7.04. The molecule has 4 rings (SSSR count). The first-order valence-electron chi connectivity index (χ1n) is 7.75. The van der Waals surface area contributed by atoms with Crippen LogP contribution in [0.2, 0.25) is 0 Å². The molecule has 0 radical (unpaired) electrons. The normalized spacial score (nSPS) is 28.4. The summed E-state index contributed by atoms with van der Waals surface area (Å²) >= 11 is 3.68. The van der Waals surface area contributed by atoms with Crippen LogP contribution in [0.4, 0.5) is 0 Å². The fraction of sp³-hybridized carbons (Fsp3) is 0.625. The second-order valence-corrected chi connectivity index (χ2v) is 7.33. The molecule has 0 saturated carbocycles. The Morgan fingerprint density at radius 1 is 1.19 bits per heavy atom. The Labute approximate surface area is 133 Å². The molecule has 1 N–H and O–H groups in total. The molecule has 1 unspecified atom stereocenters. The molecule has 2 fully saturated rings. The highest BCUT2D eigenvalue weighted by atomic mass is 79.9. The first-order chi connectivity index (χ1) is 10.2. The standard InChI is InChI=1S/C16H21BrN2O2/c17-13-8-15-14(20-5-6-21-15)7-12(13)9-19-4-2-16(11-19)1-3-18-10-16/h7-8,18H,1-6,9-11H2. The zero-order valence-corrected chi connectivity index (χ0v) is 13.7. The number of nitrogens with zero attached hydrogens (tertiary/aromatic N) is 1. The molecule has 5 heteroatoms. The highest BCUT2D eigenvalue weighted by Gasteiger charge is 2.40. The number of hydrogen-bond donors (Lipinski definition) is 1. The Bertz CT molecular complexity index is 543. The minimum atomic E-state index is 0.528. The van der Waals surface area contributed by atoms with Crippen LogP contribution >= 0.6 is 15.9 Å². The van der Waals surface area contributed by atoms with Gasteiger partial charge in [0, 0.05) is 24.1 Å². The average molecular weight is 353 g/mol. The molecule has 1 spiro atoms. The van der Waals surface area contributed by atoms with E-state index >= 15 is 0 Å². The van der Waals surface area contributed by atoms with Crippen molar-refractivity contribution in [3.63, 3.8) is 0 Å². The third-order valence-electron chi connectivity index (χ3n) is 4.95. The minimum absolute atomic E-state index is 0.528. The van der Waals surface area contributed by atoms with E-state index in [0.29, 0.717) is 18.6 Å². The zero-order valence-electron chi connectivity index (χ0n) is 12.2. The quantitative estimate of drug-likeness (QED) is 0.886. The van der Waals surface area contributed by atoms with Crippen LogP contribution in [0, 0.1) is 5.41 Å². The number of ether oxygens (including phenoxy) is 2. The molecule has 0 amide bonds. The Morgan fingerprint density at radius 2 is 2.00 bits per heavy atom. The number of rotatable bonds is 2. The van der Waals surface area contributed by atoms with E-state index in [-0.39, 0.29) is 0 Å². The molecule has 3 aliphatic rings. The molecule has 0 bridgehead atoms. The minimum Gasteiger partial charge on any atom is -0.486 e. The van der Waals surface area contributed by atoms with E-state index in [9.17, 15) is 0 Å². The number of nitrogens with one attached hydrogen (secondary N) is 1. The van der Waals surface area contributed by atoms with Gasteiger partial charge >= 0.3 is 0 Å². The lowest BCUT2D eigenvalue weighted by Crippen LogP contribution is -2.29. The summed E-state index contributed by atoms with van der Waals surface area (Å²) in [6.07, 6.45) is 2.65. The van der Waals surface area contributed by atoms with Gasteiger partial charge in [-0.25, -0.2) is 0 Å². The highest BCUT2D eigenvalue weighted by Crippen LogP contribution is 2.39. The highest BCUT2D eigenvalue weighted by molar-refractivity contribution is 9.10. The van der Waals surface area contributed by atoms with Crippen molar-refractivity contribution in [3.05, 3.63) is 22.2 Å². The van der Waals surface area contributed by atoms with Gasteiger partial charge < -0.3 is 14.8 Å². The SMILES string of the molecule is Brc1cc2c(cc1CN1CCC3(CCNC3)C1)OCCO2.